The molecule has 10 nitrogen and oxygen atoms in total. The maximum atomic E-state index is 13.1. The Morgan fingerprint density at radius 2 is 1.75 bits per heavy atom. The van der Waals surface area contributed by atoms with E-state index in [1.54, 1.807) is 18.2 Å². The summed E-state index contributed by atoms with van der Waals surface area (Å²) in [6, 6.07) is 9.58. The van der Waals surface area contributed by atoms with Crippen LogP contribution < -0.4 is 24.8 Å². The predicted molar refractivity (Wildman–Crippen MR) is 113 cm³/mol. The first-order valence-corrected chi connectivity index (χ1v) is 11.6. The van der Waals surface area contributed by atoms with Crippen molar-refractivity contribution in [3.05, 3.63) is 36.4 Å². The van der Waals surface area contributed by atoms with Crippen LogP contribution in [0.4, 0.5) is 11.4 Å². The SMILES string of the molecule is O=C1COc2ccc(S(=O)(=O)N3CCC(C(=O)Nc4ccc5c(c4)OCO5)CC3)cc2N1. The van der Waals surface area contributed by atoms with Gasteiger partial charge in [-0.2, -0.15) is 4.31 Å². The Morgan fingerprint density at radius 1 is 1.00 bits per heavy atom. The van der Waals surface area contributed by atoms with Crippen molar-refractivity contribution in [1.82, 2.24) is 4.31 Å². The summed E-state index contributed by atoms with van der Waals surface area (Å²) in [5.74, 6) is 0.853. The summed E-state index contributed by atoms with van der Waals surface area (Å²) < 4.78 is 43.4. The van der Waals surface area contributed by atoms with Crippen LogP contribution >= 0.6 is 0 Å². The zero-order chi connectivity index (χ0) is 22.3. The molecular formula is C21H21N3O7S. The van der Waals surface area contributed by atoms with Gasteiger partial charge in [0.15, 0.2) is 18.1 Å². The van der Waals surface area contributed by atoms with E-state index in [0.29, 0.717) is 41.5 Å². The number of ether oxygens (including phenoxy) is 3. The van der Waals surface area contributed by atoms with Crippen molar-refractivity contribution < 1.29 is 32.2 Å². The molecule has 5 rings (SSSR count). The van der Waals surface area contributed by atoms with Gasteiger partial charge in [0, 0.05) is 30.8 Å². The Morgan fingerprint density at radius 3 is 2.56 bits per heavy atom. The average molecular weight is 459 g/mol. The van der Waals surface area contributed by atoms with Crippen molar-refractivity contribution in [3.8, 4) is 17.2 Å². The number of piperidine rings is 1. The Labute approximate surface area is 184 Å². The van der Waals surface area contributed by atoms with Crippen LogP contribution in [-0.2, 0) is 19.6 Å². The van der Waals surface area contributed by atoms with Crippen LogP contribution in [0.15, 0.2) is 41.3 Å². The zero-order valence-corrected chi connectivity index (χ0v) is 17.8. The molecule has 3 aliphatic rings. The smallest absolute Gasteiger partial charge is 0.262 e. The minimum Gasteiger partial charge on any atom is -0.482 e. The van der Waals surface area contributed by atoms with Gasteiger partial charge in [-0.3, -0.25) is 9.59 Å². The molecule has 0 aliphatic carbocycles. The molecule has 1 fully saturated rings. The first-order chi connectivity index (χ1) is 15.4. The first-order valence-electron chi connectivity index (χ1n) is 10.2. The number of nitrogens with zero attached hydrogens (tertiary/aromatic N) is 1. The second-order valence-corrected chi connectivity index (χ2v) is 9.67. The molecule has 0 unspecified atom stereocenters. The topological polar surface area (TPSA) is 123 Å². The Balaban J connectivity index is 1.22. The maximum Gasteiger partial charge on any atom is 0.262 e. The van der Waals surface area contributed by atoms with E-state index in [-0.39, 0.29) is 49.1 Å². The van der Waals surface area contributed by atoms with Crippen molar-refractivity contribution in [2.24, 2.45) is 5.92 Å². The van der Waals surface area contributed by atoms with Crippen LogP contribution in [0.5, 0.6) is 17.2 Å². The number of carbonyl (C=O) groups is 2. The van der Waals surface area contributed by atoms with Crippen LogP contribution in [0, 0.1) is 5.92 Å². The van der Waals surface area contributed by atoms with E-state index in [1.807, 2.05) is 0 Å². The number of hydrogen-bond acceptors (Lipinski definition) is 7. The molecule has 0 saturated carbocycles. The molecule has 0 aromatic heterocycles. The minimum absolute atomic E-state index is 0.0744. The standard InChI is InChI=1S/C21H21N3O7S/c25-20-11-29-17-4-2-15(10-16(17)23-20)32(27,28)24-7-5-13(6-8-24)21(26)22-14-1-3-18-19(9-14)31-12-30-18/h1-4,9-10,13H,5-8,11-12H2,(H,22,26)(H,23,25). The van der Waals surface area contributed by atoms with Gasteiger partial charge in [0.25, 0.3) is 5.91 Å². The van der Waals surface area contributed by atoms with Gasteiger partial charge >= 0.3 is 0 Å². The van der Waals surface area contributed by atoms with Gasteiger partial charge in [0.2, 0.25) is 22.7 Å². The van der Waals surface area contributed by atoms with E-state index < -0.39 is 10.0 Å². The molecule has 0 radical (unpaired) electrons. The Hall–Kier alpha value is -3.31. The van der Waals surface area contributed by atoms with Crippen LogP contribution in [0.2, 0.25) is 0 Å². The molecule has 0 spiro atoms. The summed E-state index contributed by atoms with van der Waals surface area (Å²) in [6.45, 7) is 0.507. The van der Waals surface area contributed by atoms with Crippen molar-refractivity contribution in [2.45, 2.75) is 17.7 Å². The van der Waals surface area contributed by atoms with Crippen molar-refractivity contribution in [2.75, 3.05) is 37.1 Å². The Bertz CT molecular complexity index is 1190. The molecule has 32 heavy (non-hydrogen) atoms. The molecular weight excluding hydrogens is 438 g/mol. The number of nitrogens with one attached hydrogen (secondary N) is 2. The van der Waals surface area contributed by atoms with Crippen LogP contribution in [0.3, 0.4) is 0 Å². The lowest BCUT2D eigenvalue weighted by Crippen LogP contribution is -2.41. The quantitative estimate of drug-likeness (QED) is 0.714. The van der Waals surface area contributed by atoms with Crippen molar-refractivity contribution in [1.29, 1.82) is 0 Å². The van der Waals surface area contributed by atoms with Crippen LogP contribution in [-0.4, -0.2) is 51.0 Å². The molecule has 0 atom stereocenters. The number of amides is 2. The van der Waals surface area contributed by atoms with E-state index in [2.05, 4.69) is 10.6 Å². The van der Waals surface area contributed by atoms with E-state index in [0.717, 1.165) is 0 Å². The lowest BCUT2D eigenvalue weighted by Gasteiger charge is -2.31. The highest BCUT2D eigenvalue weighted by atomic mass is 32.2. The number of fused-ring (bicyclic) bond motifs is 2. The summed E-state index contributed by atoms with van der Waals surface area (Å²) in [5, 5.41) is 5.49. The fourth-order valence-corrected chi connectivity index (χ4v) is 5.45. The third-order valence-corrected chi connectivity index (χ3v) is 7.58. The molecule has 3 heterocycles. The van der Waals surface area contributed by atoms with E-state index in [1.165, 1.54) is 22.5 Å². The van der Waals surface area contributed by atoms with Crippen molar-refractivity contribution in [3.63, 3.8) is 0 Å². The molecule has 2 amide bonds. The van der Waals surface area contributed by atoms with E-state index >= 15 is 0 Å². The molecule has 1 saturated heterocycles. The number of anilines is 2. The number of benzene rings is 2. The fourth-order valence-electron chi connectivity index (χ4n) is 3.95. The van der Waals surface area contributed by atoms with E-state index in [9.17, 15) is 18.0 Å². The molecule has 11 heteroatoms. The summed E-state index contributed by atoms with van der Waals surface area (Å²) in [7, 11) is -3.76. The highest BCUT2D eigenvalue weighted by Crippen LogP contribution is 2.35. The van der Waals surface area contributed by atoms with Crippen molar-refractivity contribution >= 4 is 33.2 Å². The molecule has 168 valence electrons. The largest absolute Gasteiger partial charge is 0.482 e. The number of rotatable bonds is 4. The van der Waals surface area contributed by atoms with Gasteiger partial charge in [-0.25, -0.2) is 8.42 Å². The predicted octanol–water partition coefficient (Wildman–Crippen LogP) is 1.79. The van der Waals surface area contributed by atoms with Gasteiger partial charge in [0.1, 0.15) is 5.75 Å². The van der Waals surface area contributed by atoms with Gasteiger partial charge in [-0.1, -0.05) is 0 Å². The van der Waals surface area contributed by atoms with Gasteiger partial charge in [0.05, 0.1) is 10.6 Å². The van der Waals surface area contributed by atoms with Gasteiger partial charge < -0.3 is 24.8 Å². The monoisotopic (exact) mass is 459 g/mol. The zero-order valence-electron chi connectivity index (χ0n) is 17.0. The highest BCUT2D eigenvalue weighted by Gasteiger charge is 2.33. The lowest BCUT2D eigenvalue weighted by atomic mass is 9.97. The summed E-state index contributed by atoms with van der Waals surface area (Å²) in [4.78, 5) is 24.3. The molecule has 3 aliphatic heterocycles. The molecule has 0 bridgehead atoms. The summed E-state index contributed by atoms with van der Waals surface area (Å²) >= 11 is 0. The second kappa shape index (κ2) is 7.99. The Kier molecular flexibility index (Phi) is 5.14. The highest BCUT2D eigenvalue weighted by molar-refractivity contribution is 7.89. The summed E-state index contributed by atoms with van der Waals surface area (Å²) in [5.41, 5.74) is 0.938. The second-order valence-electron chi connectivity index (χ2n) is 7.73. The first kappa shape index (κ1) is 20.6. The third kappa shape index (κ3) is 3.84. The maximum absolute atomic E-state index is 13.1. The van der Waals surface area contributed by atoms with Crippen LogP contribution in [0.1, 0.15) is 12.8 Å². The average Bonchev–Trinajstić information content (AvgIpc) is 3.26. The number of sulfonamides is 1. The van der Waals surface area contributed by atoms with Gasteiger partial charge in [-0.15, -0.1) is 0 Å². The molecule has 2 aromatic rings. The van der Waals surface area contributed by atoms with Gasteiger partial charge in [-0.05, 0) is 43.2 Å². The number of hydrogen-bond donors (Lipinski definition) is 2. The normalized spacial score (nSPS) is 18.4. The van der Waals surface area contributed by atoms with Crippen LogP contribution in [0.25, 0.3) is 0 Å². The lowest BCUT2D eigenvalue weighted by molar-refractivity contribution is -0.121. The summed E-state index contributed by atoms with van der Waals surface area (Å²) in [6.07, 6.45) is 0.806. The van der Waals surface area contributed by atoms with E-state index in [4.69, 9.17) is 14.2 Å². The molecule has 2 aromatic carbocycles. The molecule has 2 N–H and O–H groups in total. The number of carbonyl (C=O) groups excluding carboxylic acids is 2. The minimum atomic E-state index is -3.76. The third-order valence-electron chi connectivity index (χ3n) is 5.69. The fraction of sp³-hybridized carbons (Fsp3) is 0.333.